The van der Waals surface area contributed by atoms with Crippen LogP contribution in [0.5, 0.6) is 5.75 Å². The third-order valence-corrected chi connectivity index (χ3v) is 4.60. The van der Waals surface area contributed by atoms with Gasteiger partial charge in [-0.05, 0) is 49.4 Å². The Morgan fingerprint density at radius 3 is 2.76 bits per heavy atom. The van der Waals surface area contributed by atoms with E-state index in [-0.39, 0.29) is 11.6 Å². The van der Waals surface area contributed by atoms with E-state index in [9.17, 15) is 9.50 Å². The standard InChI is InChI=1S/C20H20FN3O/c1-13-6-7-16(18(21)8-13)20-17-11-23(2)12-19(17)22-24(20)10-14-4-3-5-15(25)9-14/h3-9,25H,10-12H2,1-2H3. The van der Waals surface area contributed by atoms with Gasteiger partial charge in [0.15, 0.2) is 0 Å². The highest BCUT2D eigenvalue weighted by Crippen LogP contribution is 2.34. The second-order valence-electron chi connectivity index (χ2n) is 6.76. The largest absolute Gasteiger partial charge is 0.508 e. The number of rotatable bonds is 3. The third kappa shape index (κ3) is 2.91. The predicted molar refractivity (Wildman–Crippen MR) is 94.7 cm³/mol. The van der Waals surface area contributed by atoms with Crippen molar-refractivity contribution in [2.24, 2.45) is 0 Å². The van der Waals surface area contributed by atoms with Crippen LogP contribution < -0.4 is 0 Å². The fourth-order valence-corrected chi connectivity index (χ4v) is 3.48. The summed E-state index contributed by atoms with van der Waals surface area (Å²) in [6.45, 7) is 3.91. The Morgan fingerprint density at radius 2 is 2.00 bits per heavy atom. The number of phenols is 1. The van der Waals surface area contributed by atoms with E-state index < -0.39 is 0 Å². The lowest BCUT2D eigenvalue weighted by atomic mass is 10.0. The fourth-order valence-electron chi connectivity index (χ4n) is 3.48. The van der Waals surface area contributed by atoms with Gasteiger partial charge >= 0.3 is 0 Å². The van der Waals surface area contributed by atoms with Crippen molar-refractivity contribution >= 4 is 0 Å². The van der Waals surface area contributed by atoms with Crippen LogP contribution >= 0.6 is 0 Å². The molecule has 3 aromatic rings. The molecular weight excluding hydrogens is 317 g/mol. The van der Waals surface area contributed by atoms with Gasteiger partial charge in [0.05, 0.1) is 17.9 Å². The normalized spacial score (nSPS) is 14.0. The van der Waals surface area contributed by atoms with Crippen molar-refractivity contribution in [3.63, 3.8) is 0 Å². The van der Waals surface area contributed by atoms with E-state index in [0.29, 0.717) is 12.1 Å². The molecule has 0 aliphatic carbocycles. The first-order chi connectivity index (χ1) is 12.0. The topological polar surface area (TPSA) is 41.3 Å². The van der Waals surface area contributed by atoms with Gasteiger partial charge in [-0.2, -0.15) is 5.10 Å². The Labute approximate surface area is 146 Å². The first-order valence-corrected chi connectivity index (χ1v) is 8.33. The zero-order valence-electron chi connectivity index (χ0n) is 14.3. The maximum absolute atomic E-state index is 14.7. The van der Waals surface area contributed by atoms with Crippen LogP contribution in [0.15, 0.2) is 42.5 Å². The summed E-state index contributed by atoms with van der Waals surface area (Å²) >= 11 is 0. The third-order valence-electron chi connectivity index (χ3n) is 4.60. The van der Waals surface area contributed by atoms with Gasteiger partial charge < -0.3 is 5.11 Å². The molecule has 0 radical (unpaired) electrons. The maximum Gasteiger partial charge on any atom is 0.132 e. The van der Waals surface area contributed by atoms with E-state index >= 15 is 0 Å². The van der Waals surface area contributed by atoms with Crippen molar-refractivity contribution in [2.45, 2.75) is 26.6 Å². The van der Waals surface area contributed by atoms with E-state index in [4.69, 9.17) is 5.10 Å². The quantitative estimate of drug-likeness (QED) is 0.792. The number of halogens is 1. The van der Waals surface area contributed by atoms with Gasteiger partial charge in [-0.15, -0.1) is 0 Å². The molecule has 2 heterocycles. The molecule has 1 aromatic heterocycles. The molecule has 0 spiro atoms. The van der Waals surface area contributed by atoms with Crippen LogP contribution in [-0.2, 0) is 19.6 Å². The molecule has 0 fully saturated rings. The van der Waals surface area contributed by atoms with Crippen LogP contribution in [0.25, 0.3) is 11.3 Å². The van der Waals surface area contributed by atoms with Crippen LogP contribution in [-0.4, -0.2) is 26.8 Å². The van der Waals surface area contributed by atoms with Crippen molar-refractivity contribution in [3.05, 3.63) is 70.7 Å². The van der Waals surface area contributed by atoms with Gasteiger partial charge in [-0.25, -0.2) is 4.39 Å². The van der Waals surface area contributed by atoms with Crippen LogP contribution in [0.1, 0.15) is 22.4 Å². The number of aromatic hydroxyl groups is 1. The zero-order chi connectivity index (χ0) is 17.6. The number of fused-ring (bicyclic) bond motifs is 1. The maximum atomic E-state index is 14.7. The minimum atomic E-state index is -0.227. The Balaban J connectivity index is 1.84. The van der Waals surface area contributed by atoms with E-state index in [1.165, 1.54) is 0 Å². The average Bonchev–Trinajstić information content (AvgIpc) is 3.04. The molecule has 0 saturated carbocycles. The SMILES string of the molecule is Cc1ccc(-c2c3c(nn2Cc2cccc(O)c2)CN(C)C3)c(F)c1. The summed E-state index contributed by atoms with van der Waals surface area (Å²) in [6.07, 6.45) is 0. The van der Waals surface area contributed by atoms with E-state index in [1.807, 2.05) is 42.9 Å². The van der Waals surface area contributed by atoms with Crippen molar-refractivity contribution < 1.29 is 9.50 Å². The Kier molecular flexibility index (Phi) is 3.81. The van der Waals surface area contributed by atoms with Crippen molar-refractivity contribution in [1.29, 1.82) is 0 Å². The fraction of sp³-hybridized carbons (Fsp3) is 0.250. The number of aryl methyl sites for hydroxylation is 1. The molecule has 2 aromatic carbocycles. The minimum absolute atomic E-state index is 0.222. The number of aromatic nitrogens is 2. The first kappa shape index (κ1) is 15.8. The van der Waals surface area contributed by atoms with Crippen LogP contribution in [0.4, 0.5) is 4.39 Å². The monoisotopic (exact) mass is 337 g/mol. The lowest BCUT2D eigenvalue weighted by Crippen LogP contribution is -2.13. The molecule has 0 bridgehead atoms. The number of benzene rings is 2. The second-order valence-corrected chi connectivity index (χ2v) is 6.76. The van der Waals surface area contributed by atoms with Gasteiger partial charge in [-0.3, -0.25) is 9.58 Å². The molecule has 128 valence electrons. The minimum Gasteiger partial charge on any atom is -0.508 e. The molecule has 0 saturated heterocycles. The van der Waals surface area contributed by atoms with Gasteiger partial charge in [0.25, 0.3) is 0 Å². The van der Waals surface area contributed by atoms with Crippen molar-refractivity contribution in [3.8, 4) is 17.0 Å². The summed E-state index contributed by atoms with van der Waals surface area (Å²) in [6, 6.07) is 12.4. The van der Waals surface area contributed by atoms with Gasteiger partial charge in [0.1, 0.15) is 11.6 Å². The van der Waals surface area contributed by atoms with E-state index in [2.05, 4.69) is 4.90 Å². The number of hydrogen-bond acceptors (Lipinski definition) is 3. The highest BCUT2D eigenvalue weighted by atomic mass is 19.1. The van der Waals surface area contributed by atoms with Crippen molar-refractivity contribution in [2.75, 3.05) is 7.05 Å². The lowest BCUT2D eigenvalue weighted by Gasteiger charge is -2.13. The summed E-state index contributed by atoms with van der Waals surface area (Å²) in [5.41, 5.74) is 5.33. The van der Waals surface area contributed by atoms with Crippen LogP contribution in [0.2, 0.25) is 0 Å². The molecule has 0 unspecified atom stereocenters. The summed E-state index contributed by atoms with van der Waals surface area (Å²) in [5.74, 6) is -0.00518. The van der Waals surface area contributed by atoms with Gasteiger partial charge in [0, 0.05) is 24.2 Å². The highest BCUT2D eigenvalue weighted by molar-refractivity contribution is 5.66. The molecule has 4 rings (SSSR count). The zero-order valence-corrected chi connectivity index (χ0v) is 14.3. The van der Waals surface area contributed by atoms with Crippen molar-refractivity contribution in [1.82, 2.24) is 14.7 Å². The molecule has 0 atom stereocenters. The average molecular weight is 337 g/mol. The molecule has 1 N–H and O–H groups in total. The molecule has 4 nitrogen and oxygen atoms in total. The molecule has 1 aliphatic heterocycles. The molecular formula is C20H20FN3O. The summed E-state index contributed by atoms with van der Waals surface area (Å²) in [5, 5.41) is 14.4. The number of phenolic OH excluding ortho intramolecular Hbond substituents is 1. The molecule has 1 aliphatic rings. The lowest BCUT2D eigenvalue weighted by molar-refractivity contribution is 0.346. The molecule has 5 heteroatoms. The number of nitrogens with zero attached hydrogens (tertiary/aromatic N) is 3. The van der Waals surface area contributed by atoms with Crippen LogP contribution in [0, 0.1) is 12.7 Å². The highest BCUT2D eigenvalue weighted by Gasteiger charge is 2.27. The molecule has 25 heavy (non-hydrogen) atoms. The summed E-state index contributed by atoms with van der Waals surface area (Å²) < 4.78 is 16.5. The number of hydrogen-bond donors (Lipinski definition) is 1. The predicted octanol–water partition coefficient (Wildman–Crippen LogP) is 3.70. The summed E-state index contributed by atoms with van der Waals surface area (Å²) in [4.78, 5) is 2.17. The Bertz CT molecular complexity index is 948. The van der Waals surface area contributed by atoms with Gasteiger partial charge in [-0.1, -0.05) is 18.2 Å². The van der Waals surface area contributed by atoms with E-state index in [1.54, 1.807) is 18.2 Å². The van der Waals surface area contributed by atoms with E-state index in [0.717, 1.165) is 41.2 Å². The van der Waals surface area contributed by atoms with Gasteiger partial charge in [0.2, 0.25) is 0 Å². The summed E-state index contributed by atoms with van der Waals surface area (Å²) in [7, 11) is 2.04. The molecule has 0 amide bonds. The second kappa shape index (κ2) is 6.01. The smallest absolute Gasteiger partial charge is 0.132 e. The Hall–Kier alpha value is -2.66. The van der Waals surface area contributed by atoms with Crippen LogP contribution in [0.3, 0.4) is 0 Å². The first-order valence-electron chi connectivity index (χ1n) is 8.33. The Morgan fingerprint density at radius 1 is 1.16 bits per heavy atom.